The third-order valence-corrected chi connectivity index (χ3v) is 6.48. The van der Waals surface area contributed by atoms with Gasteiger partial charge in [-0.05, 0) is 56.2 Å². The predicted molar refractivity (Wildman–Crippen MR) is 128 cm³/mol. The van der Waals surface area contributed by atoms with Gasteiger partial charge in [0.15, 0.2) is 0 Å². The largest absolute Gasteiger partial charge is 0.490 e. The van der Waals surface area contributed by atoms with Gasteiger partial charge in [0.1, 0.15) is 5.76 Å². The molecule has 0 aromatic carbocycles. The topological polar surface area (TPSA) is 135 Å². The molecule has 0 bridgehead atoms. The van der Waals surface area contributed by atoms with Crippen LogP contribution < -0.4 is 0 Å². The van der Waals surface area contributed by atoms with E-state index in [-0.39, 0.29) is 5.60 Å². The second-order valence-electron chi connectivity index (χ2n) is 9.41. The second kappa shape index (κ2) is 15.1. The van der Waals surface area contributed by atoms with Crippen LogP contribution in [-0.2, 0) is 32.2 Å². The van der Waals surface area contributed by atoms with Crippen molar-refractivity contribution in [1.29, 1.82) is 0 Å². The van der Waals surface area contributed by atoms with Gasteiger partial charge in [0.2, 0.25) is 0 Å². The minimum atomic E-state index is -5.08. The first-order valence-electron chi connectivity index (χ1n) is 12.5. The van der Waals surface area contributed by atoms with Gasteiger partial charge in [-0.15, -0.1) is 0 Å². The lowest BCUT2D eigenvalue weighted by Crippen LogP contribution is -2.47. The highest BCUT2D eigenvalue weighted by Gasteiger charge is 2.45. The molecule has 2 aromatic rings. The summed E-state index contributed by atoms with van der Waals surface area (Å²) in [5.74, 6) is -4.03. The van der Waals surface area contributed by atoms with E-state index < -0.39 is 24.3 Å². The zero-order valence-corrected chi connectivity index (χ0v) is 22.1. The fraction of sp³-hybridized carbons (Fsp3) is 0.600. The van der Waals surface area contributed by atoms with Crippen LogP contribution in [0.5, 0.6) is 0 Å². The molecule has 1 atom stereocenters. The highest BCUT2D eigenvalue weighted by atomic mass is 19.4. The number of aryl methyl sites for hydroxylation is 1. The summed E-state index contributed by atoms with van der Waals surface area (Å²) >= 11 is 0. The van der Waals surface area contributed by atoms with E-state index in [0.717, 1.165) is 70.0 Å². The third kappa shape index (κ3) is 11.6. The van der Waals surface area contributed by atoms with Crippen molar-refractivity contribution in [3.05, 3.63) is 47.6 Å². The predicted octanol–water partition coefficient (Wildman–Crippen LogP) is 4.62. The Balaban J connectivity index is 0.000000349. The van der Waals surface area contributed by atoms with Gasteiger partial charge in [0, 0.05) is 51.3 Å². The van der Waals surface area contributed by atoms with Crippen LogP contribution in [0.25, 0.3) is 0 Å². The number of likely N-dealkylation sites (tertiary alicyclic amines) is 1. The minimum Gasteiger partial charge on any atom is -0.475 e. The molecule has 4 heterocycles. The van der Waals surface area contributed by atoms with Crippen LogP contribution in [0.15, 0.2) is 35.1 Å². The SMILES string of the molecule is Cc1cc(CN2CCC3(CC2)OCCC3CCOCc2ccncc2)no1.O=C(O)C(F)(F)F.O=C(O)C(F)(F)F. The summed E-state index contributed by atoms with van der Waals surface area (Å²) in [6.45, 7) is 7.26. The molecule has 16 heteroatoms. The van der Waals surface area contributed by atoms with Gasteiger partial charge in [0.25, 0.3) is 0 Å². The quantitative estimate of drug-likeness (QED) is 0.343. The summed E-state index contributed by atoms with van der Waals surface area (Å²) in [4.78, 5) is 24.3. The fourth-order valence-corrected chi connectivity index (χ4v) is 4.45. The van der Waals surface area contributed by atoms with Crippen molar-refractivity contribution in [3.8, 4) is 0 Å². The first-order chi connectivity index (χ1) is 19.1. The molecule has 0 amide bonds. The lowest BCUT2D eigenvalue weighted by Gasteiger charge is -2.42. The van der Waals surface area contributed by atoms with E-state index in [9.17, 15) is 26.3 Å². The number of hydrogen-bond acceptors (Lipinski definition) is 8. The molecule has 2 aromatic heterocycles. The normalized spacial score (nSPS) is 18.7. The summed E-state index contributed by atoms with van der Waals surface area (Å²) in [5, 5.41) is 18.4. The maximum atomic E-state index is 10.6. The molecule has 2 aliphatic heterocycles. The average molecular weight is 600 g/mol. The van der Waals surface area contributed by atoms with E-state index in [1.165, 1.54) is 5.56 Å². The third-order valence-electron chi connectivity index (χ3n) is 6.48. The summed E-state index contributed by atoms with van der Waals surface area (Å²) in [7, 11) is 0. The van der Waals surface area contributed by atoms with Crippen LogP contribution in [0.3, 0.4) is 0 Å². The Morgan fingerprint density at radius 3 is 2.12 bits per heavy atom. The van der Waals surface area contributed by atoms with E-state index in [2.05, 4.69) is 15.0 Å². The van der Waals surface area contributed by atoms with Crippen molar-refractivity contribution < 1.29 is 60.1 Å². The molecule has 1 unspecified atom stereocenters. The molecule has 2 N–H and O–H groups in total. The van der Waals surface area contributed by atoms with Crippen molar-refractivity contribution in [3.63, 3.8) is 0 Å². The van der Waals surface area contributed by atoms with Crippen molar-refractivity contribution in [2.24, 2.45) is 5.92 Å². The highest BCUT2D eigenvalue weighted by Crippen LogP contribution is 2.42. The molecule has 2 saturated heterocycles. The Kier molecular flexibility index (Phi) is 12.5. The van der Waals surface area contributed by atoms with Crippen LogP contribution in [0.2, 0.25) is 0 Å². The van der Waals surface area contributed by atoms with Crippen LogP contribution in [0, 0.1) is 12.8 Å². The van der Waals surface area contributed by atoms with Crippen molar-refractivity contribution in [2.45, 2.75) is 63.7 Å². The summed E-state index contributed by atoms with van der Waals surface area (Å²) in [6.07, 6.45) is -2.12. The first kappa shape index (κ1) is 34.0. The Bertz CT molecular complexity index is 1060. The van der Waals surface area contributed by atoms with Crippen LogP contribution in [0.4, 0.5) is 26.3 Å². The highest BCUT2D eigenvalue weighted by molar-refractivity contribution is 5.73. The first-order valence-corrected chi connectivity index (χ1v) is 12.5. The van der Waals surface area contributed by atoms with Crippen molar-refractivity contribution >= 4 is 11.9 Å². The van der Waals surface area contributed by atoms with Gasteiger partial charge in [-0.3, -0.25) is 9.88 Å². The van der Waals surface area contributed by atoms with Gasteiger partial charge < -0.3 is 24.2 Å². The van der Waals surface area contributed by atoms with Gasteiger partial charge in [0.05, 0.1) is 17.9 Å². The van der Waals surface area contributed by atoms with E-state index in [1.807, 2.05) is 37.5 Å². The molecule has 1 spiro atoms. The number of hydrogen-bond donors (Lipinski definition) is 2. The van der Waals surface area contributed by atoms with E-state index in [1.54, 1.807) is 0 Å². The standard InChI is InChI=1S/C21H29N3O3.2C2HF3O2/c1-17-14-20(23-27-17)15-24-10-6-21(7-11-24)19(5-13-26-21)4-12-25-16-18-2-8-22-9-3-18;2*3-2(4,5)1(6)7/h2-3,8-9,14,19H,4-7,10-13,15-16H2,1H3;2*(H,6,7). The number of piperidine rings is 1. The lowest BCUT2D eigenvalue weighted by atomic mass is 9.78. The Morgan fingerprint density at radius 1 is 1.07 bits per heavy atom. The molecule has 4 rings (SSSR count). The maximum Gasteiger partial charge on any atom is 0.490 e. The number of rotatable bonds is 7. The molecule has 230 valence electrons. The Morgan fingerprint density at radius 2 is 1.63 bits per heavy atom. The fourth-order valence-electron chi connectivity index (χ4n) is 4.45. The number of ether oxygens (including phenoxy) is 2. The number of nitrogens with zero attached hydrogens (tertiary/aromatic N) is 3. The van der Waals surface area contributed by atoms with Crippen LogP contribution in [0.1, 0.15) is 42.7 Å². The number of aliphatic carboxylic acids is 2. The molecule has 0 saturated carbocycles. The lowest BCUT2D eigenvalue weighted by molar-refractivity contribution is -0.193. The Hall–Kier alpha value is -3.24. The van der Waals surface area contributed by atoms with Crippen LogP contribution >= 0.6 is 0 Å². The molecule has 10 nitrogen and oxygen atoms in total. The number of aromatic nitrogens is 2. The molecule has 0 radical (unpaired) electrons. The molecular weight excluding hydrogens is 568 g/mol. The number of carboxylic acid groups (broad SMARTS) is 2. The number of alkyl halides is 6. The second-order valence-corrected chi connectivity index (χ2v) is 9.41. The Labute approximate surface area is 231 Å². The molecule has 2 aliphatic rings. The number of carboxylic acids is 2. The molecule has 0 aliphatic carbocycles. The van der Waals surface area contributed by atoms with Gasteiger partial charge in [-0.2, -0.15) is 26.3 Å². The summed E-state index contributed by atoms with van der Waals surface area (Å²) in [6, 6.07) is 6.04. The van der Waals surface area contributed by atoms with Gasteiger partial charge in [-0.25, -0.2) is 9.59 Å². The van der Waals surface area contributed by atoms with E-state index in [4.69, 9.17) is 33.8 Å². The van der Waals surface area contributed by atoms with E-state index >= 15 is 0 Å². The van der Waals surface area contributed by atoms with E-state index in [0.29, 0.717) is 12.5 Å². The maximum absolute atomic E-state index is 10.6. The molecular formula is C25H31F6N3O7. The monoisotopic (exact) mass is 599 g/mol. The van der Waals surface area contributed by atoms with Gasteiger partial charge in [-0.1, -0.05) is 5.16 Å². The summed E-state index contributed by atoms with van der Waals surface area (Å²) in [5.41, 5.74) is 2.26. The number of carbonyl (C=O) groups is 2. The molecule has 41 heavy (non-hydrogen) atoms. The van der Waals surface area contributed by atoms with Crippen molar-refractivity contribution in [2.75, 3.05) is 26.3 Å². The number of pyridine rings is 1. The summed E-state index contributed by atoms with van der Waals surface area (Å²) < 4.78 is 80.8. The zero-order valence-electron chi connectivity index (χ0n) is 22.1. The van der Waals surface area contributed by atoms with Crippen LogP contribution in [-0.4, -0.2) is 81.4 Å². The van der Waals surface area contributed by atoms with Crippen molar-refractivity contribution in [1.82, 2.24) is 15.0 Å². The average Bonchev–Trinajstić information content (AvgIpc) is 3.49. The minimum absolute atomic E-state index is 0.0519. The number of halogens is 6. The molecule has 2 fully saturated rings. The smallest absolute Gasteiger partial charge is 0.475 e. The zero-order chi connectivity index (χ0) is 30.7. The van der Waals surface area contributed by atoms with Gasteiger partial charge >= 0.3 is 24.3 Å².